The molecule has 1 fully saturated rings. The van der Waals surface area contributed by atoms with E-state index in [1.165, 1.54) is 6.92 Å². The molecule has 1 aromatic carbocycles. The molecule has 2 N–H and O–H groups in total. The number of nitrogens with zero attached hydrogens (tertiary/aromatic N) is 4. The Labute approximate surface area is 133 Å². The van der Waals surface area contributed by atoms with Gasteiger partial charge < -0.3 is 20.3 Å². The van der Waals surface area contributed by atoms with E-state index in [-0.39, 0.29) is 5.91 Å². The molecule has 0 spiro atoms. The fourth-order valence-electron chi connectivity index (χ4n) is 2.30. The zero-order chi connectivity index (χ0) is 16.1. The first-order valence-electron chi connectivity index (χ1n) is 7.38. The molecule has 23 heavy (non-hydrogen) atoms. The molecule has 0 atom stereocenters. The van der Waals surface area contributed by atoms with Gasteiger partial charge in [-0.3, -0.25) is 4.79 Å². The highest BCUT2D eigenvalue weighted by molar-refractivity contribution is 5.89. The second-order valence-electron chi connectivity index (χ2n) is 5.12. The van der Waals surface area contributed by atoms with E-state index in [4.69, 9.17) is 4.74 Å². The first kappa shape index (κ1) is 15.2. The molecule has 2 aromatic rings. The van der Waals surface area contributed by atoms with E-state index in [0.29, 0.717) is 24.8 Å². The molecule has 120 valence electrons. The Hall–Kier alpha value is -2.74. The van der Waals surface area contributed by atoms with Crippen LogP contribution in [0.15, 0.2) is 30.5 Å². The van der Waals surface area contributed by atoms with Crippen LogP contribution in [0.4, 0.5) is 23.1 Å². The van der Waals surface area contributed by atoms with Gasteiger partial charge in [-0.15, -0.1) is 5.10 Å². The van der Waals surface area contributed by atoms with E-state index in [2.05, 4.69) is 30.7 Å². The number of amides is 1. The predicted molar refractivity (Wildman–Crippen MR) is 86.9 cm³/mol. The summed E-state index contributed by atoms with van der Waals surface area (Å²) in [7, 11) is 0. The van der Waals surface area contributed by atoms with Crippen molar-refractivity contribution in [3.8, 4) is 0 Å². The van der Waals surface area contributed by atoms with Gasteiger partial charge in [-0.1, -0.05) is 6.07 Å². The van der Waals surface area contributed by atoms with Gasteiger partial charge in [-0.2, -0.15) is 10.1 Å². The van der Waals surface area contributed by atoms with Crippen LogP contribution < -0.4 is 15.5 Å². The van der Waals surface area contributed by atoms with Crippen LogP contribution in [0.1, 0.15) is 6.92 Å². The molecule has 2 heterocycles. The average molecular weight is 314 g/mol. The van der Waals surface area contributed by atoms with Crippen molar-refractivity contribution in [1.82, 2.24) is 15.2 Å². The Balaban J connectivity index is 1.73. The van der Waals surface area contributed by atoms with Gasteiger partial charge in [-0.25, -0.2) is 0 Å². The lowest BCUT2D eigenvalue weighted by molar-refractivity contribution is -0.114. The molecule has 0 radical (unpaired) electrons. The standard InChI is InChI=1S/C15H18N6O2/c1-11(22)17-12-3-2-4-13(9-12)18-15-19-14(10-16-20-15)21-5-7-23-8-6-21/h2-4,9-10H,5-8H2,1H3,(H,17,22)(H,18,19,20). The third-order valence-corrected chi connectivity index (χ3v) is 3.32. The number of aromatic nitrogens is 3. The summed E-state index contributed by atoms with van der Waals surface area (Å²) >= 11 is 0. The molecule has 0 aliphatic carbocycles. The molecular weight excluding hydrogens is 296 g/mol. The maximum atomic E-state index is 11.1. The van der Waals surface area contributed by atoms with Crippen molar-refractivity contribution in [3.63, 3.8) is 0 Å². The van der Waals surface area contributed by atoms with Crippen molar-refractivity contribution in [2.45, 2.75) is 6.92 Å². The maximum Gasteiger partial charge on any atom is 0.249 e. The minimum absolute atomic E-state index is 0.116. The topological polar surface area (TPSA) is 92.3 Å². The Morgan fingerprint density at radius 1 is 1.26 bits per heavy atom. The predicted octanol–water partition coefficient (Wildman–Crippen LogP) is 1.41. The summed E-state index contributed by atoms with van der Waals surface area (Å²) in [6.45, 7) is 4.42. The third-order valence-electron chi connectivity index (χ3n) is 3.32. The zero-order valence-corrected chi connectivity index (χ0v) is 12.8. The summed E-state index contributed by atoms with van der Waals surface area (Å²) in [4.78, 5) is 17.7. The molecule has 8 nitrogen and oxygen atoms in total. The summed E-state index contributed by atoms with van der Waals surface area (Å²) in [5.74, 6) is 1.06. The van der Waals surface area contributed by atoms with Gasteiger partial charge in [0.2, 0.25) is 11.9 Å². The van der Waals surface area contributed by atoms with Crippen LogP contribution in [0.5, 0.6) is 0 Å². The summed E-state index contributed by atoms with van der Waals surface area (Å²) < 4.78 is 5.34. The first-order valence-corrected chi connectivity index (χ1v) is 7.38. The molecular formula is C15H18N6O2. The zero-order valence-electron chi connectivity index (χ0n) is 12.8. The van der Waals surface area contributed by atoms with Gasteiger partial charge >= 0.3 is 0 Å². The summed E-state index contributed by atoms with van der Waals surface area (Å²) in [6, 6.07) is 7.34. The number of carbonyl (C=O) groups excluding carboxylic acids is 1. The Morgan fingerprint density at radius 3 is 2.83 bits per heavy atom. The molecule has 1 aromatic heterocycles. The minimum Gasteiger partial charge on any atom is -0.378 e. The lowest BCUT2D eigenvalue weighted by Gasteiger charge is -2.27. The van der Waals surface area contributed by atoms with Crippen LogP contribution in [-0.2, 0) is 9.53 Å². The van der Waals surface area contributed by atoms with E-state index in [9.17, 15) is 4.79 Å². The largest absolute Gasteiger partial charge is 0.378 e. The van der Waals surface area contributed by atoms with Crippen LogP contribution in [0.25, 0.3) is 0 Å². The van der Waals surface area contributed by atoms with Gasteiger partial charge in [0.25, 0.3) is 0 Å². The second kappa shape index (κ2) is 7.01. The highest BCUT2D eigenvalue weighted by atomic mass is 16.5. The van der Waals surface area contributed by atoms with E-state index >= 15 is 0 Å². The second-order valence-corrected chi connectivity index (χ2v) is 5.12. The van der Waals surface area contributed by atoms with Crippen LogP contribution in [0.2, 0.25) is 0 Å². The quantitative estimate of drug-likeness (QED) is 0.881. The number of carbonyl (C=O) groups is 1. The number of ether oxygens (including phenoxy) is 1. The van der Waals surface area contributed by atoms with Crippen LogP contribution in [0.3, 0.4) is 0 Å². The summed E-state index contributed by atoms with van der Waals surface area (Å²) in [6.07, 6.45) is 1.64. The van der Waals surface area contributed by atoms with E-state index in [0.717, 1.165) is 24.6 Å². The first-order chi connectivity index (χ1) is 11.2. The molecule has 0 saturated carbocycles. The molecule has 8 heteroatoms. The Kier molecular flexibility index (Phi) is 4.62. The molecule has 1 aliphatic rings. The molecule has 1 saturated heterocycles. The molecule has 3 rings (SSSR count). The Morgan fingerprint density at radius 2 is 2.04 bits per heavy atom. The lowest BCUT2D eigenvalue weighted by atomic mass is 10.3. The van der Waals surface area contributed by atoms with Gasteiger partial charge in [0, 0.05) is 31.4 Å². The fourth-order valence-corrected chi connectivity index (χ4v) is 2.30. The molecule has 1 amide bonds. The monoisotopic (exact) mass is 314 g/mol. The number of nitrogens with one attached hydrogen (secondary N) is 2. The van der Waals surface area contributed by atoms with Crippen LogP contribution in [-0.4, -0.2) is 47.4 Å². The van der Waals surface area contributed by atoms with Gasteiger partial charge in [0.05, 0.1) is 19.4 Å². The smallest absolute Gasteiger partial charge is 0.249 e. The van der Waals surface area contributed by atoms with Crippen molar-refractivity contribution in [2.75, 3.05) is 41.8 Å². The number of anilines is 4. The van der Waals surface area contributed by atoms with Gasteiger partial charge in [0.1, 0.15) is 0 Å². The number of hydrogen-bond acceptors (Lipinski definition) is 7. The Bertz CT molecular complexity index is 687. The highest BCUT2D eigenvalue weighted by Crippen LogP contribution is 2.19. The van der Waals surface area contributed by atoms with Crippen molar-refractivity contribution >= 4 is 29.0 Å². The molecule has 0 bridgehead atoms. The number of hydrogen-bond donors (Lipinski definition) is 2. The van der Waals surface area contributed by atoms with Gasteiger partial charge in [0.15, 0.2) is 5.82 Å². The minimum atomic E-state index is -0.116. The van der Waals surface area contributed by atoms with E-state index in [1.54, 1.807) is 6.20 Å². The SMILES string of the molecule is CC(=O)Nc1cccc(Nc2nncc(N3CCOCC3)n2)c1. The fraction of sp³-hybridized carbons (Fsp3) is 0.333. The average Bonchev–Trinajstić information content (AvgIpc) is 2.56. The van der Waals surface area contributed by atoms with Gasteiger partial charge in [-0.05, 0) is 18.2 Å². The van der Waals surface area contributed by atoms with Crippen LogP contribution in [0, 0.1) is 0 Å². The third kappa shape index (κ3) is 4.13. The van der Waals surface area contributed by atoms with Crippen molar-refractivity contribution in [3.05, 3.63) is 30.5 Å². The summed E-state index contributed by atoms with van der Waals surface area (Å²) in [5, 5.41) is 13.8. The number of morpholine rings is 1. The highest BCUT2D eigenvalue weighted by Gasteiger charge is 2.13. The van der Waals surface area contributed by atoms with E-state index < -0.39 is 0 Å². The maximum absolute atomic E-state index is 11.1. The van der Waals surface area contributed by atoms with E-state index in [1.807, 2.05) is 24.3 Å². The number of benzene rings is 1. The molecule has 1 aliphatic heterocycles. The van der Waals surface area contributed by atoms with Crippen LogP contribution >= 0.6 is 0 Å². The van der Waals surface area contributed by atoms with Crippen molar-refractivity contribution < 1.29 is 9.53 Å². The number of rotatable bonds is 4. The van der Waals surface area contributed by atoms with Crippen molar-refractivity contribution in [1.29, 1.82) is 0 Å². The summed E-state index contributed by atoms with van der Waals surface area (Å²) in [5.41, 5.74) is 1.48. The normalized spacial score (nSPS) is 14.4. The molecule has 0 unspecified atom stereocenters. The van der Waals surface area contributed by atoms with Crippen molar-refractivity contribution in [2.24, 2.45) is 0 Å². The lowest BCUT2D eigenvalue weighted by Crippen LogP contribution is -2.36.